The van der Waals surface area contributed by atoms with Crippen LogP contribution in [0.4, 0.5) is 0 Å². The molecule has 0 atom stereocenters. The molecule has 0 amide bonds. The van der Waals surface area contributed by atoms with Crippen molar-refractivity contribution in [3.8, 4) is 0 Å². The third kappa shape index (κ3) is 15.0. The van der Waals surface area contributed by atoms with E-state index in [0.717, 1.165) is 0 Å². The van der Waals surface area contributed by atoms with Crippen molar-refractivity contribution in [2.45, 2.75) is 155 Å². The Hall–Kier alpha value is 0.217. The zero-order valence-electron chi connectivity index (χ0n) is 18.6. The summed E-state index contributed by atoms with van der Waals surface area (Å²) in [4.78, 5) is 0. The van der Waals surface area contributed by atoms with Gasteiger partial charge in [-0.05, 0) is 0 Å². The van der Waals surface area contributed by atoms with Gasteiger partial charge in [0.2, 0.25) is 0 Å². The van der Waals surface area contributed by atoms with Crippen LogP contribution >= 0.6 is 0 Å². The zero-order valence-corrected chi connectivity index (χ0v) is 19.6. The first kappa shape index (κ1) is 25.2. The highest BCUT2D eigenvalue weighted by atomic mass is 28.3. The van der Waals surface area contributed by atoms with Crippen LogP contribution in [0.2, 0.25) is 24.2 Å². The topological polar surface area (TPSA) is 0 Å². The summed E-state index contributed by atoms with van der Waals surface area (Å²) in [7, 11) is -0.995. The molecular formula is C24H52Si. The average molecular weight is 369 g/mol. The highest BCUT2D eigenvalue weighted by Gasteiger charge is 2.30. The van der Waals surface area contributed by atoms with Gasteiger partial charge >= 0.3 is 0 Å². The minimum absolute atomic E-state index is 0.995. The normalized spacial score (nSPS) is 12.0. The predicted octanol–water partition coefficient (Wildman–Crippen LogP) is 9.76. The maximum atomic E-state index is 2.35. The molecule has 0 fully saturated rings. The first-order valence-corrected chi connectivity index (χ1v) is 15.1. The molecule has 25 heavy (non-hydrogen) atoms. The maximum Gasteiger partial charge on any atom is 0.0535 e. The molecule has 0 aromatic carbocycles. The Bertz CT molecular complexity index is 195. The second kappa shape index (κ2) is 19.0. The quantitative estimate of drug-likeness (QED) is 0.148. The van der Waals surface area contributed by atoms with Crippen LogP contribution in [0, 0.1) is 0 Å². The van der Waals surface area contributed by atoms with Gasteiger partial charge in [0.25, 0.3) is 0 Å². The van der Waals surface area contributed by atoms with Gasteiger partial charge in [-0.15, -0.1) is 0 Å². The van der Waals surface area contributed by atoms with E-state index in [1.54, 1.807) is 49.9 Å². The molecule has 0 spiro atoms. The molecule has 0 radical (unpaired) electrons. The van der Waals surface area contributed by atoms with Crippen LogP contribution in [0.15, 0.2) is 0 Å². The summed E-state index contributed by atoms with van der Waals surface area (Å²) in [5.41, 5.74) is 0. The highest BCUT2D eigenvalue weighted by Crippen LogP contribution is 2.35. The third-order valence-electron chi connectivity index (χ3n) is 6.24. The molecule has 0 rings (SSSR count). The largest absolute Gasteiger partial charge is 0.0654 e. The summed E-state index contributed by atoms with van der Waals surface area (Å²) in [6, 6.07) is 6.66. The van der Waals surface area contributed by atoms with Gasteiger partial charge in [0.15, 0.2) is 0 Å². The van der Waals surface area contributed by atoms with Crippen molar-refractivity contribution in [2.75, 3.05) is 0 Å². The van der Waals surface area contributed by atoms with Crippen molar-refractivity contribution in [1.29, 1.82) is 0 Å². The van der Waals surface area contributed by atoms with Crippen molar-refractivity contribution >= 4 is 8.07 Å². The zero-order chi connectivity index (χ0) is 18.6. The molecule has 1 heteroatoms. The lowest BCUT2D eigenvalue weighted by molar-refractivity contribution is 0.649. The number of rotatable bonds is 20. The first-order valence-electron chi connectivity index (χ1n) is 12.2. The number of hydrogen-bond donors (Lipinski definition) is 0. The molecule has 0 aromatic heterocycles. The molecule has 0 saturated heterocycles. The Morgan fingerprint density at radius 2 is 0.560 bits per heavy atom. The summed E-state index contributed by atoms with van der Waals surface area (Å²) in [6.45, 7) is 9.41. The number of hydrogen-bond acceptors (Lipinski definition) is 0. The lowest BCUT2D eigenvalue weighted by atomic mass is 10.2. The molecular weight excluding hydrogens is 316 g/mol. The van der Waals surface area contributed by atoms with E-state index in [9.17, 15) is 0 Å². The van der Waals surface area contributed by atoms with Gasteiger partial charge in [-0.2, -0.15) is 0 Å². The summed E-state index contributed by atoms with van der Waals surface area (Å²) < 4.78 is 0. The van der Waals surface area contributed by atoms with E-state index in [-0.39, 0.29) is 0 Å². The summed E-state index contributed by atoms with van der Waals surface area (Å²) in [5, 5.41) is 0. The van der Waals surface area contributed by atoms with Crippen LogP contribution in [-0.2, 0) is 0 Å². The van der Waals surface area contributed by atoms with E-state index in [1.807, 2.05) is 0 Å². The molecule has 152 valence electrons. The SMILES string of the molecule is CCCCCC[Si](CCCCCC)(CCCCCC)CCCCCC. The minimum Gasteiger partial charge on any atom is -0.0654 e. The van der Waals surface area contributed by atoms with E-state index < -0.39 is 8.07 Å². The fourth-order valence-corrected chi connectivity index (χ4v) is 9.96. The molecule has 0 heterocycles. The molecule has 0 unspecified atom stereocenters. The minimum atomic E-state index is -0.995. The standard InChI is InChI=1S/C24H52Si/c1-5-9-13-17-21-25(22-18-14-10-6-2,23-19-15-11-7-3)24-20-16-12-8-4/h5-24H2,1-4H3. The summed E-state index contributed by atoms with van der Waals surface area (Å²) in [6.07, 6.45) is 23.6. The van der Waals surface area contributed by atoms with Gasteiger partial charge in [0.05, 0.1) is 8.07 Å². The van der Waals surface area contributed by atoms with Crippen molar-refractivity contribution in [1.82, 2.24) is 0 Å². The molecule has 0 N–H and O–H groups in total. The van der Waals surface area contributed by atoms with E-state index in [1.165, 1.54) is 77.0 Å². The van der Waals surface area contributed by atoms with Gasteiger partial charge in [-0.3, -0.25) is 0 Å². The Morgan fingerprint density at radius 3 is 0.760 bits per heavy atom. The van der Waals surface area contributed by atoms with E-state index >= 15 is 0 Å². The molecule has 0 saturated carbocycles. The van der Waals surface area contributed by atoms with Gasteiger partial charge < -0.3 is 0 Å². The molecule has 0 aliphatic heterocycles. The van der Waals surface area contributed by atoms with Crippen molar-refractivity contribution < 1.29 is 0 Å². The lowest BCUT2D eigenvalue weighted by Crippen LogP contribution is -2.34. The van der Waals surface area contributed by atoms with Gasteiger partial charge in [-0.25, -0.2) is 0 Å². The monoisotopic (exact) mass is 368 g/mol. The van der Waals surface area contributed by atoms with Crippen LogP contribution in [0.25, 0.3) is 0 Å². The summed E-state index contributed by atoms with van der Waals surface area (Å²) >= 11 is 0. The van der Waals surface area contributed by atoms with E-state index in [0.29, 0.717) is 0 Å². The van der Waals surface area contributed by atoms with Gasteiger partial charge in [-0.1, -0.05) is 155 Å². The highest BCUT2D eigenvalue weighted by molar-refractivity contribution is 6.79. The second-order valence-corrected chi connectivity index (χ2v) is 13.7. The van der Waals surface area contributed by atoms with E-state index in [4.69, 9.17) is 0 Å². The average Bonchev–Trinajstić information content (AvgIpc) is 2.63. The van der Waals surface area contributed by atoms with Crippen molar-refractivity contribution in [2.24, 2.45) is 0 Å². The Kier molecular flexibility index (Phi) is 19.2. The molecule has 0 bridgehead atoms. The fraction of sp³-hybridized carbons (Fsp3) is 1.00. The third-order valence-corrected chi connectivity index (χ3v) is 11.9. The molecule has 0 nitrogen and oxygen atoms in total. The van der Waals surface area contributed by atoms with Crippen LogP contribution in [0.1, 0.15) is 130 Å². The van der Waals surface area contributed by atoms with Gasteiger partial charge in [0.1, 0.15) is 0 Å². The van der Waals surface area contributed by atoms with E-state index in [2.05, 4.69) is 27.7 Å². The predicted molar refractivity (Wildman–Crippen MR) is 122 cm³/mol. The Balaban J connectivity index is 4.62. The van der Waals surface area contributed by atoms with Crippen LogP contribution in [0.3, 0.4) is 0 Å². The lowest BCUT2D eigenvalue weighted by Gasteiger charge is -2.33. The van der Waals surface area contributed by atoms with Crippen LogP contribution in [0.5, 0.6) is 0 Å². The Labute approximate surface area is 163 Å². The van der Waals surface area contributed by atoms with Crippen LogP contribution in [-0.4, -0.2) is 8.07 Å². The Morgan fingerprint density at radius 1 is 0.320 bits per heavy atom. The number of unbranched alkanes of at least 4 members (excludes halogenated alkanes) is 12. The molecule has 0 aliphatic rings. The van der Waals surface area contributed by atoms with Crippen molar-refractivity contribution in [3.05, 3.63) is 0 Å². The first-order chi connectivity index (χ1) is 12.2. The van der Waals surface area contributed by atoms with Crippen LogP contribution < -0.4 is 0 Å². The van der Waals surface area contributed by atoms with Gasteiger partial charge in [0, 0.05) is 0 Å². The molecule has 0 aliphatic carbocycles. The van der Waals surface area contributed by atoms with Crippen molar-refractivity contribution in [3.63, 3.8) is 0 Å². The fourth-order valence-electron chi connectivity index (χ4n) is 4.46. The smallest absolute Gasteiger partial charge is 0.0535 e. The maximum absolute atomic E-state index is 2.35. The summed E-state index contributed by atoms with van der Waals surface area (Å²) in [5.74, 6) is 0. The molecule has 0 aromatic rings. The second-order valence-electron chi connectivity index (χ2n) is 8.74.